The van der Waals surface area contributed by atoms with E-state index in [9.17, 15) is 0 Å². The molecule has 1 heterocycles. The van der Waals surface area contributed by atoms with Crippen molar-refractivity contribution in [3.8, 4) is 0 Å². The first kappa shape index (κ1) is 8.10. The quantitative estimate of drug-likeness (QED) is 0.635. The van der Waals surface area contributed by atoms with Gasteiger partial charge in [0.2, 0.25) is 0 Å². The Hall–Kier alpha value is 0.1000. The molecule has 0 unspecified atom stereocenters. The van der Waals surface area contributed by atoms with Crippen molar-refractivity contribution < 1.29 is 4.79 Å². The summed E-state index contributed by atoms with van der Waals surface area (Å²) in [6.07, 6.45) is 0. The third-order valence-corrected chi connectivity index (χ3v) is 2.26. The molecule has 0 amide bonds. The van der Waals surface area contributed by atoms with Gasteiger partial charge in [0.1, 0.15) is 6.79 Å². The number of rotatable bonds is 0. The van der Waals surface area contributed by atoms with Crippen LogP contribution in [0.2, 0.25) is 0 Å². The van der Waals surface area contributed by atoms with Crippen LogP contribution in [0.15, 0.2) is 17.5 Å². The molecule has 8 heavy (non-hydrogen) atoms. The fourth-order valence-corrected chi connectivity index (χ4v) is 1.35. The molecule has 0 fully saturated rings. The minimum Gasteiger partial charge on any atom is -0.307 e. The van der Waals surface area contributed by atoms with Gasteiger partial charge in [-0.2, -0.15) is 0 Å². The van der Waals surface area contributed by atoms with Gasteiger partial charge in [-0.1, -0.05) is 6.07 Å². The van der Waals surface area contributed by atoms with Gasteiger partial charge in [-0.15, -0.1) is 11.3 Å². The van der Waals surface area contributed by atoms with E-state index in [-0.39, 0.29) is 0 Å². The monoisotopic (exact) mass is 240 g/mol. The van der Waals surface area contributed by atoms with Crippen molar-refractivity contribution in [3.05, 3.63) is 20.4 Å². The largest absolute Gasteiger partial charge is 0.307 e. The Morgan fingerprint density at radius 1 is 1.62 bits per heavy atom. The van der Waals surface area contributed by atoms with Crippen LogP contribution in [-0.4, -0.2) is 6.79 Å². The summed E-state index contributed by atoms with van der Waals surface area (Å²) in [7, 11) is 0. The van der Waals surface area contributed by atoms with Crippen LogP contribution in [0.1, 0.15) is 0 Å². The van der Waals surface area contributed by atoms with E-state index in [4.69, 9.17) is 4.79 Å². The second kappa shape index (κ2) is 5.24. The third-order valence-electron chi connectivity index (χ3n) is 0.486. The van der Waals surface area contributed by atoms with E-state index in [1.54, 1.807) is 11.3 Å². The van der Waals surface area contributed by atoms with Crippen molar-refractivity contribution in [2.45, 2.75) is 0 Å². The Morgan fingerprint density at radius 2 is 2.25 bits per heavy atom. The number of halogens is 1. The van der Waals surface area contributed by atoms with Crippen molar-refractivity contribution in [3.63, 3.8) is 0 Å². The lowest BCUT2D eigenvalue weighted by Gasteiger charge is -1.62. The fourth-order valence-electron chi connectivity index (χ4n) is 0.259. The zero-order chi connectivity index (χ0) is 6.41. The summed E-state index contributed by atoms with van der Waals surface area (Å²) in [5, 5.41) is 2.07. The van der Waals surface area contributed by atoms with Crippen molar-refractivity contribution in [1.29, 1.82) is 0 Å². The van der Waals surface area contributed by atoms with E-state index in [0.29, 0.717) is 0 Å². The van der Waals surface area contributed by atoms with Crippen molar-refractivity contribution in [2.75, 3.05) is 0 Å². The molecule has 0 spiro atoms. The molecule has 0 aliphatic heterocycles. The summed E-state index contributed by atoms with van der Waals surface area (Å²) in [5.41, 5.74) is 0. The van der Waals surface area contributed by atoms with Gasteiger partial charge < -0.3 is 4.79 Å². The van der Waals surface area contributed by atoms with E-state index in [2.05, 4.69) is 34.0 Å². The molecule has 1 aromatic heterocycles. The molecule has 0 aliphatic rings. The lowest BCUT2D eigenvalue weighted by molar-refractivity contribution is -0.0979. The smallest absolute Gasteiger partial charge is 0.106 e. The van der Waals surface area contributed by atoms with Gasteiger partial charge >= 0.3 is 0 Å². The molecule has 1 aromatic rings. The highest BCUT2D eigenvalue weighted by Crippen LogP contribution is 2.09. The van der Waals surface area contributed by atoms with Crippen LogP contribution in [0.4, 0.5) is 0 Å². The molecule has 0 N–H and O–H groups in total. The molecule has 0 aliphatic carbocycles. The number of hydrogen-bond donors (Lipinski definition) is 0. The van der Waals surface area contributed by atoms with Crippen LogP contribution >= 0.6 is 33.9 Å². The number of thiophene rings is 1. The van der Waals surface area contributed by atoms with Crippen LogP contribution in [0.25, 0.3) is 0 Å². The third kappa shape index (κ3) is 3.15. The SMILES string of the molecule is C=O.Ic1cccs1. The van der Waals surface area contributed by atoms with Gasteiger partial charge in [-0.25, -0.2) is 0 Å². The maximum absolute atomic E-state index is 8.00. The first-order chi connectivity index (χ1) is 3.89. The van der Waals surface area contributed by atoms with Crippen molar-refractivity contribution >= 4 is 40.7 Å². The second-order valence-electron chi connectivity index (χ2n) is 0.917. The first-order valence-corrected chi connectivity index (χ1v) is 3.83. The predicted molar refractivity (Wildman–Crippen MR) is 44.2 cm³/mol. The molecule has 0 aromatic carbocycles. The zero-order valence-electron chi connectivity index (χ0n) is 4.13. The number of hydrogen-bond acceptors (Lipinski definition) is 2. The van der Waals surface area contributed by atoms with Gasteiger partial charge in [0, 0.05) is 0 Å². The molecular formula is C5H5IOS. The molecule has 3 heteroatoms. The zero-order valence-corrected chi connectivity index (χ0v) is 7.11. The number of carbonyl (C=O) groups excluding carboxylic acids is 1. The highest BCUT2D eigenvalue weighted by atomic mass is 127. The van der Waals surface area contributed by atoms with Gasteiger partial charge in [0.05, 0.1) is 2.88 Å². The van der Waals surface area contributed by atoms with Crippen LogP contribution in [-0.2, 0) is 4.79 Å². The van der Waals surface area contributed by atoms with Gasteiger partial charge in [0.25, 0.3) is 0 Å². The normalized spacial score (nSPS) is 7.12. The topological polar surface area (TPSA) is 17.1 Å². The highest BCUT2D eigenvalue weighted by molar-refractivity contribution is 14.1. The Balaban J connectivity index is 0.000000222. The van der Waals surface area contributed by atoms with E-state index >= 15 is 0 Å². The molecule has 0 radical (unpaired) electrons. The molecule has 0 saturated heterocycles. The van der Waals surface area contributed by atoms with E-state index in [0.717, 1.165) is 0 Å². The Bertz CT molecular complexity index is 127. The minimum atomic E-state index is 1.35. The van der Waals surface area contributed by atoms with Gasteiger partial charge in [0.15, 0.2) is 0 Å². The maximum Gasteiger partial charge on any atom is 0.106 e. The van der Waals surface area contributed by atoms with Gasteiger partial charge in [-0.3, -0.25) is 0 Å². The average molecular weight is 240 g/mol. The summed E-state index contributed by atoms with van der Waals surface area (Å²) >= 11 is 4.06. The summed E-state index contributed by atoms with van der Waals surface area (Å²) in [6, 6.07) is 4.14. The van der Waals surface area contributed by atoms with E-state index in [1.807, 2.05) is 12.9 Å². The Kier molecular flexibility index (Phi) is 5.31. The Morgan fingerprint density at radius 3 is 2.38 bits per heavy atom. The molecule has 0 atom stereocenters. The standard InChI is InChI=1S/C4H3IS.CH2O/c5-4-2-1-3-6-4;1-2/h1-3H;1H2. The van der Waals surface area contributed by atoms with Crippen LogP contribution in [0.5, 0.6) is 0 Å². The van der Waals surface area contributed by atoms with Gasteiger partial charge in [-0.05, 0) is 34.0 Å². The molecule has 0 bridgehead atoms. The van der Waals surface area contributed by atoms with Crippen molar-refractivity contribution in [2.24, 2.45) is 0 Å². The molecular weight excluding hydrogens is 235 g/mol. The summed E-state index contributed by atoms with van der Waals surface area (Å²) in [6.45, 7) is 2.00. The van der Waals surface area contributed by atoms with E-state index < -0.39 is 0 Å². The minimum absolute atomic E-state index is 1.35. The molecule has 0 saturated carbocycles. The summed E-state index contributed by atoms with van der Waals surface area (Å²) in [5.74, 6) is 0. The fraction of sp³-hybridized carbons (Fsp3) is 0. The number of carbonyl (C=O) groups is 1. The summed E-state index contributed by atoms with van der Waals surface area (Å²) < 4.78 is 1.35. The maximum atomic E-state index is 8.00. The van der Waals surface area contributed by atoms with Crippen LogP contribution in [0.3, 0.4) is 0 Å². The summed E-state index contributed by atoms with van der Waals surface area (Å²) in [4.78, 5) is 8.00. The molecule has 1 rings (SSSR count). The molecule has 1 nitrogen and oxygen atoms in total. The van der Waals surface area contributed by atoms with E-state index in [1.165, 1.54) is 2.88 Å². The average Bonchev–Trinajstić information content (AvgIpc) is 2.24. The van der Waals surface area contributed by atoms with Crippen LogP contribution in [0, 0.1) is 2.88 Å². The second-order valence-corrected chi connectivity index (χ2v) is 3.76. The highest BCUT2D eigenvalue weighted by Gasteiger charge is 1.77. The van der Waals surface area contributed by atoms with Crippen molar-refractivity contribution in [1.82, 2.24) is 0 Å². The predicted octanol–water partition coefficient (Wildman–Crippen LogP) is 2.17. The van der Waals surface area contributed by atoms with Crippen LogP contribution < -0.4 is 0 Å². The lowest BCUT2D eigenvalue weighted by atomic mass is 10.7. The first-order valence-electron chi connectivity index (χ1n) is 1.87. The Labute approximate surface area is 65.9 Å². The lowest BCUT2D eigenvalue weighted by Crippen LogP contribution is -1.38. The molecule has 44 valence electrons.